The highest BCUT2D eigenvalue weighted by molar-refractivity contribution is 9.09. The highest BCUT2D eigenvalue weighted by Crippen LogP contribution is 2.14. The van der Waals surface area contributed by atoms with Gasteiger partial charge in [0.05, 0.1) is 0 Å². The Balaban J connectivity index is 2.23. The second-order valence-corrected chi connectivity index (χ2v) is 4.77. The maximum atomic E-state index is 3.47. The second-order valence-electron chi connectivity index (χ2n) is 3.98. The van der Waals surface area contributed by atoms with E-state index in [1.165, 1.54) is 31.2 Å². The van der Waals surface area contributed by atoms with Crippen molar-refractivity contribution < 1.29 is 0 Å². The highest BCUT2D eigenvalue weighted by Gasteiger charge is 2.02. The summed E-state index contributed by atoms with van der Waals surface area (Å²) in [7, 11) is 0. The van der Waals surface area contributed by atoms with Gasteiger partial charge in [0.1, 0.15) is 0 Å². The van der Waals surface area contributed by atoms with Crippen LogP contribution in [0.15, 0.2) is 30.3 Å². The van der Waals surface area contributed by atoms with E-state index in [0.717, 1.165) is 11.2 Å². The first-order valence-corrected chi connectivity index (χ1v) is 6.55. The third-order valence-corrected chi connectivity index (χ3v) is 3.07. The van der Waals surface area contributed by atoms with Gasteiger partial charge in [0.25, 0.3) is 0 Å². The first-order valence-electron chi connectivity index (χ1n) is 5.43. The fraction of sp³-hybridized carbons (Fsp3) is 0.538. The lowest BCUT2D eigenvalue weighted by Crippen LogP contribution is -1.99. The van der Waals surface area contributed by atoms with Gasteiger partial charge in [0, 0.05) is 5.33 Å². The van der Waals surface area contributed by atoms with Gasteiger partial charge in [-0.15, -0.1) is 0 Å². The predicted octanol–water partition coefficient (Wildman–Crippen LogP) is 4.43. The zero-order valence-electron chi connectivity index (χ0n) is 8.88. The Morgan fingerprint density at radius 1 is 1.14 bits per heavy atom. The summed E-state index contributed by atoms with van der Waals surface area (Å²) in [5.74, 6) is 0.816. The van der Waals surface area contributed by atoms with Gasteiger partial charge in [-0.05, 0) is 24.3 Å². The average molecular weight is 255 g/mol. The summed E-state index contributed by atoms with van der Waals surface area (Å²) in [6.07, 6.45) is 5.22. The van der Waals surface area contributed by atoms with E-state index in [0.29, 0.717) is 0 Å². The van der Waals surface area contributed by atoms with Gasteiger partial charge in [-0.2, -0.15) is 0 Å². The summed E-state index contributed by atoms with van der Waals surface area (Å²) in [6.45, 7) is 2.35. The van der Waals surface area contributed by atoms with Gasteiger partial charge in [-0.3, -0.25) is 0 Å². The molecule has 1 aromatic rings. The molecule has 0 N–H and O–H groups in total. The van der Waals surface area contributed by atoms with Crippen LogP contribution in [0.3, 0.4) is 0 Å². The van der Waals surface area contributed by atoms with Crippen LogP contribution in [0.1, 0.15) is 31.7 Å². The molecular formula is C13H19Br. The molecule has 0 spiro atoms. The second kappa shape index (κ2) is 7.05. The Hall–Kier alpha value is -0.300. The molecular weight excluding hydrogens is 236 g/mol. The fourth-order valence-electron chi connectivity index (χ4n) is 1.71. The number of hydrogen-bond acceptors (Lipinski definition) is 0. The normalized spacial score (nSPS) is 12.7. The maximum Gasteiger partial charge on any atom is 0.00313 e. The quantitative estimate of drug-likeness (QED) is 0.521. The standard InChI is InChI=1S/C13H19Br/c1-12(7-5-6-10-14)11-13-8-3-2-4-9-13/h2-4,8-9,12H,5-7,10-11H2,1H3. The maximum absolute atomic E-state index is 3.47. The summed E-state index contributed by atoms with van der Waals surface area (Å²) >= 11 is 3.47. The summed E-state index contributed by atoms with van der Waals surface area (Å²) < 4.78 is 0. The molecule has 14 heavy (non-hydrogen) atoms. The van der Waals surface area contributed by atoms with Crippen LogP contribution in [0, 0.1) is 5.92 Å². The highest BCUT2D eigenvalue weighted by atomic mass is 79.9. The molecule has 1 unspecified atom stereocenters. The van der Waals surface area contributed by atoms with Crippen molar-refractivity contribution in [2.75, 3.05) is 5.33 Å². The number of unbranched alkanes of at least 4 members (excludes halogenated alkanes) is 1. The topological polar surface area (TPSA) is 0 Å². The minimum Gasteiger partial charge on any atom is -0.0928 e. The lowest BCUT2D eigenvalue weighted by molar-refractivity contribution is 0.505. The third kappa shape index (κ3) is 4.80. The van der Waals surface area contributed by atoms with Crippen molar-refractivity contribution in [1.82, 2.24) is 0 Å². The third-order valence-electron chi connectivity index (χ3n) is 2.51. The van der Waals surface area contributed by atoms with E-state index in [2.05, 4.69) is 53.2 Å². The molecule has 0 fully saturated rings. The molecule has 0 aliphatic rings. The molecule has 0 aliphatic carbocycles. The molecule has 0 radical (unpaired) electrons. The van der Waals surface area contributed by atoms with E-state index in [9.17, 15) is 0 Å². The Morgan fingerprint density at radius 3 is 2.50 bits per heavy atom. The van der Waals surface area contributed by atoms with Crippen LogP contribution in [0.5, 0.6) is 0 Å². The molecule has 0 aromatic heterocycles. The molecule has 1 aromatic carbocycles. The number of benzene rings is 1. The van der Waals surface area contributed by atoms with Crippen LogP contribution in [0.4, 0.5) is 0 Å². The Kier molecular flexibility index (Phi) is 5.93. The SMILES string of the molecule is CC(CCCCBr)Cc1ccccc1. The molecule has 0 amide bonds. The van der Waals surface area contributed by atoms with E-state index in [4.69, 9.17) is 0 Å². The van der Waals surface area contributed by atoms with E-state index < -0.39 is 0 Å². The predicted molar refractivity (Wildman–Crippen MR) is 67.0 cm³/mol. The van der Waals surface area contributed by atoms with Crippen LogP contribution < -0.4 is 0 Å². The molecule has 0 aliphatic heterocycles. The van der Waals surface area contributed by atoms with Crippen molar-refractivity contribution in [3.63, 3.8) is 0 Å². The first-order chi connectivity index (χ1) is 6.83. The summed E-state index contributed by atoms with van der Waals surface area (Å²) in [4.78, 5) is 0. The van der Waals surface area contributed by atoms with Crippen molar-refractivity contribution >= 4 is 15.9 Å². The Labute approximate surface area is 95.9 Å². The molecule has 1 heteroatoms. The summed E-state index contributed by atoms with van der Waals surface area (Å²) in [6, 6.07) is 10.8. The van der Waals surface area contributed by atoms with E-state index in [1.54, 1.807) is 0 Å². The van der Waals surface area contributed by atoms with Crippen LogP contribution in [-0.4, -0.2) is 5.33 Å². The van der Waals surface area contributed by atoms with Crippen LogP contribution >= 0.6 is 15.9 Å². The Bertz CT molecular complexity index is 230. The molecule has 0 bridgehead atoms. The molecule has 0 nitrogen and oxygen atoms in total. The zero-order chi connectivity index (χ0) is 10.2. The van der Waals surface area contributed by atoms with E-state index >= 15 is 0 Å². The van der Waals surface area contributed by atoms with Gasteiger partial charge in [0.2, 0.25) is 0 Å². The van der Waals surface area contributed by atoms with Gasteiger partial charge in [-0.1, -0.05) is 66.0 Å². The van der Waals surface area contributed by atoms with Crippen molar-refractivity contribution in [2.24, 2.45) is 5.92 Å². The average Bonchev–Trinajstić information content (AvgIpc) is 2.20. The molecule has 1 atom stereocenters. The van der Waals surface area contributed by atoms with Crippen molar-refractivity contribution in [3.05, 3.63) is 35.9 Å². The van der Waals surface area contributed by atoms with Gasteiger partial charge >= 0.3 is 0 Å². The number of alkyl halides is 1. The number of halogens is 1. The van der Waals surface area contributed by atoms with Crippen molar-refractivity contribution in [2.45, 2.75) is 32.6 Å². The van der Waals surface area contributed by atoms with E-state index in [-0.39, 0.29) is 0 Å². The van der Waals surface area contributed by atoms with Gasteiger partial charge < -0.3 is 0 Å². The summed E-state index contributed by atoms with van der Waals surface area (Å²) in [5.41, 5.74) is 1.47. The molecule has 0 saturated carbocycles. The molecule has 78 valence electrons. The molecule has 0 saturated heterocycles. The number of hydrogen-bond donors (Lipinski definition) is 0. The van der Waals surface area contributed by atoms with E-state index in [1.807, 2.05) is 0 Å². The lowest BCUT2D eigenvalue weighted by atomic mass is 9.96. The molecule has 0 heterocycles. The van der Waals surface area contributed by atoms with Gasteiger partial charge in [-0.25, -0.2) is 0 Å². The minimum absolute atomic E-state index is 0.816. The van der Waals surface area contributed by atoms with Crippen molar-refractivity contribution in [1.29, 1.82) is 0 Å². The Morgan fingerprint density at radius 2 is 1.86 bits per heavy atom. The first kappa shape index (κ1) is 11.8. The van der Waals surface area contributed by atoms with Crippen LogP contribution in [-0.2, 0) is 6.42 Å². The van der Waals surface area contributed by atoms with Crippen LogP contribution in [0.25, 0.3) is 0 Å². The smallest absolute Gasteiger partial charge is 0.00313 e. The molecule has 1 rings (SSSR count). The summed E-state index contributed by atoms with van der Waals surface area (Å²) in [5, 5.41) is 1.14. The fourth-order valence-corrected chi connectivity index (χ4v) is 2.10. The zero-order valence-corrected chi connectivity index (χ0v) is 10.5. The number of rotatable bonds is 6. The van der Waals surface area contributed by atoms with Crippen molar-refractivity contribution in [3.8, 4) is 0 Å². The largest absolute Gasteiger partial charge is 0.0928 e. The van der Waals surface area contributed by atoms with Crippen LogP contribution in [0.2, 0.25) is 0 Å². The lowest BCUT2D eigenvalue weighted by Gasteiger charge is -2.10. The van der Waals surface area contributed by atoms with Gasteiger partial charge in [0.15, 0.2) is 0 Å². The minimum atomic E-state index is 0.816. The monoisotopic (exact) mass is 254 g/mol.